The number of fused-ring (bicyclic) bond motifs is 1. The number of nitrogens with zero attached hydrogens (tertiary/aromatic N) is 4. The summed E-state index contributed by atoms with van der Waals surface area (Å²) in [6.45, 7) is 4.20. The first-order valence-electron chi connectivity index (χ1n) is 10.0. The zero-order chi connectivity index (χ0) is 20.2. The number of rotatable bonds is 5. The number of piperidine rings is 1. The van der Waals surface area contributed by atoms with Crippen LogP contribution in [0, 0.1) is 6.92 Å². The second-order valence-corrected chi connectivity index (χ2v) is 7.44. The van der Waals surface area contributed by atoms with E-state index in [9.17, 15) is 9.59 Å². The molecule has 7 nitrogen and oxygen atoms in total. The van der Waals surface area contributed by atoms with Crippen molar-refractivity contribution in [2.45, 2.75) is 39.3 Å². The third-order valence-corrected chi connectivity index (χ3v) is 5.32. The van der Waals surface area contributed by atoms with Gasteiger partial charge in [-0.2, -0.15) is 5.10 Å². The maximum atomic E-state index is 12.6. The zero-order valence-corrected chi connectivity index (χ0v) is 16.6. The van der Waals surface area contributed by atoms with E-state index < -0.39 is 0 Å². The van der Waals surface area contributed by atoms with Gasteiger partial charge in [0.2, 0.25) is 5.91 Å². The maximum Gasteiger partial charge on any atom is 0.275 e. The molecule has 0 aliphatic carbocycles. The van der Waals surface area contributed by atoms with Crippen LogP contribution in [0.3, 0.4) is 0 Å². The average molecular weight is 391 g/mol. The van der Waals surface area contributed by atoms with Crippen LogP contribution in [-0.2, 0) is 17.9 Å². The van der Waals surface area contributed by atoms with Crippen molar-refractivity contribution in [2.24, 2.45) is 0 Å². The van der Waals surface area contributed by atoms with E-state index in [1.165, 1.54) is 23.9 Å². The molecule has 2 aromatic heterocycles. The normalized spacial score (nSPS) is 14.2. The molecular formula is C22H25N5O2. The molecule has 0 radical (unpaired) electrons. The van der Waals surface area contributed by atoms with Gasteiger partial charge in [-0.05, 0) is 43.9 Å². The number of benzene rings is 1. The molecule has 1 amide bonds. The van der Waals surface area contributed by atoms with Gasteiger partial charge in [0.15, 0.2) is 0 Å². The Morgan fingerprint density at radius 1 is 1.07 bits per heavy atom. The van der Waals surface area contributed by atoms with E-state index in [-0.39, 0.29) is 18.0 Å². The minimum absolute atomic E-state index is 0.107. The Labute approximate surface area is 169 Å². The summed E-state index contributed by atoms with van der Waals surface area (Å²) >= 11 is 0. The highest BCUT2D eigenvalue weighted by Gasteiger charge is 2.13. The number of amides is 1. The van der Waals surface area contributed by atoms with Crippen molar-refractivity contribution in [3.63, 3.8) is 0 Å². The predicted octanol–water partition coefficient (Wildman–Crippen LogP) is 2.41. The lowest BCUT2D eigenvalue weighted by Crippen LogP contribution is -2.34. The van der Waals surface area contributed by atoms with Gasteiger partial charge in [0.05, 0.1) is 11.1 Å². The Morgan fingerprint density at radius 2 is 1.83 bits per heavy atom. The quantitative estimate of drug-likeness (QED) is 0.722. The van der Waals surface area contributed by atoms with E-state index >= 15 is 0 Å². The lowest BCUT2D eigenvalue weighted by Gasteiger charge is -2.27. The van der Waals surface area contributed by atoms with Crippen LogP contribution in [0.25, 0.3) is 10.8 Å². The Kier molecular flexibility index (Phi) is 5.55. The van der Waals surface area contributed by atoms with E-state index in [0.29, 0.717) is 11.9 Å². The molecule has 1 fully saturated rings. The molecule has 0 spiro atoms. The number of aromatic nitrogens is 3. The molecule has 1 aliphatic heterocycles. The molecule has 1 aliphatic rings. The van der Waals surface area contributed by atoms with Crippen molar-refractivity contribution >= 4 is 22.5 Å². The lowest BCUT2D eigenvalue weighted by atomic mass is 10.1. The number of nitrogens with one attached hydrogen (secondary N) is 1. The smallest absolute Gasteiger partial charge is 0.275 e. The summed E-state index contributed by atoms with van der Waals surface area (Å²) < 4.78 is 1.23. The topological polar surface area (TPSA) is 80.1 Å². The molecule has 1 saturated heterocycles. The second-order valence-electron chi connectivity index (χ2n) is 7.44. The number of pyridine rings is 1. The molecule has 0 saturated carbocycles. The van der Waals surface area contributed by atoms with Crippen LogP contribution in [0.15, 0.2) is 47.4 Å². The van der Waals surface area contributed by atoms with Crippen LogP contribution < -0.4 is 15.8 Å². The first-order chi connectivity index (χ1) is 14.1. The minimum Gasteiger partial charge on any atom is -0.357 e. The van der Waals surface area contributed by atoms with Crippen molar-refractivity contribution in [3.05, 3.63) is 64.2 Å². The molecule has 0 bridgehead atoms. The van der Waals surface area contributed by atoms with Gasteiger partial charge in [0.25, 0.3) is 5.56 Å². The van der Waals surface area contributed by atoms with Gasteiger partial charge >= 0.3 is 0 Å². The van der Waals surface area contributed by atoms with Gasteiger partial charge < -0.3 is 10.2 Å². The summed E-state index contributed by atoms with van der Waals surface area (Å²) in [5.74, 6) is 0.733. The number of aryl methyl sites for hydroxylation is 1. The van der Waals surface area contributed by atoms with Crippen molar-refractivity contribution in [1.29, 1.82) is 0 Å². The van der Waals surface area contributed by atoms with Crippen LogP contribution in [0.4, 0.5) is 5.82 Å². The van der Waals surface area contributed by atoms with Gasteiger partial charge in [-0.1, -0.05) is 24.3 Å². The molecule has 3 aromatic rings. The van der Waals surface area contributed by atoms with Gasteiger partial charge in [-0.3, -0.25) is 9.59 Å². The summed E-state index contributed by atoms with van der Waals surface area (Å²) in [7, 11) is 0. The molecule has 1 N–H and O–H groups in total. The molecule has 150 valence electrons. The fourth-order valence-electron chi connectivity index (χ4n) is 3.74. The summed E-state index contributed by atoms with van der Waals surface area (Å²) in [5.41, 5.74) is 1.40. The van der Waals surface area contributed by atoms with E-state index in [1.807, 2.05) is 37.3 Å². The third-order valence-electron chi connectivity index (χ3n) is 5.32. The van der Waals surface area contributed by atoms with E-state index in [4.69, 9.17) is 0 Å². The monoisotopic (exact) mass is 391 g/mol. The average Bonchev–Trinajstić information content (AvgIpc) is 2.77. The number of carbonyl (C=O) groups excluding carboxylic acids is 1. The first-order valence-corrected chi connectivity index (χ1v) is 10.0. The Hall–Kier alpha value is -3.22. The van der Waals surface area contributed by atoms with Gasteiger partial charge in [-0.25, -0.2) is 9.67 Å². The largest absolute Gasteiger partial charge is 0.357 e. The highest BCUT2D eigenvalue weighted by atomic mass is 16.2. The molecule has 1 aromatic carbocycles. The molecule has 7 heteroatoms. The Morgan fingerprint density at radius 3 is 2.55 bits per heavy atom. The summed E-state index contributed by atoms with van der Waals surface area (Å²) in [4.78, 5) is 31.8. The standard InChI is InChI=1S/C22H25N5O2/c1-16-18-7-3-4-8-19(18)22(29)27(25-16)15-21(28)24-14-17-9-10-20(23-13-17)26-11-5-2-6-12-26/h3-4,7-10,13H,2,5-6,11-12,14-15H2,1H3,(H,24,28). The Bertz CT molecular complexity index is 1070. The van der Waals surface area contributed by atoms with Crippen molar-refractivity contribution in [2.75, 3.05) is 18.0 Å². The number of anilines is 1. The zero-order valence-electron chi connectivity index (χ0n) is 16.6. The van der Waals surface area contributed by atoms with Crippen LogP contribution in [0.1, 0.15) is 30.5 Å². The minimum atomic E-state index is -0.256. The lowest BCUT2D eigenvalue weighted by molar-refractivity contribution is -0.122. The Balaban J connectivity index is 1.38. The summed E-state index contributed by atoms with van der Waals surface area (Å²) in [5, 5.41) is 8.52. The SMILES string of the molecule is Cc1nn(CC(=O)NCc2ccc(N3CCCCC3)nc2)c(=O)c2ccccc12. The maximum absolute atomic E-state index is 12.6. The molecule has 0 unspecified atom stereocenters. The van der Waals surface area contributed by atoms with E-state index in [2.05, 4.69) is 20.3 Å². The van der Waals surface area contributed by atoms with Crippen molar-refractivity contribution in [3.8, 4) is 0 Å². The van der Waals surface area contributed by atoms with Gasteiger partial charge in [0.1, 0.15) is 12.4 Å². The fourth-order valence-corrected chi connectivity index (χ4v) is 3.74. The van der Waals surface area contributed by atoms with Crippen LogP contribution in [0.5, 0.6) is 0 Å². The number of hydrogen-bond acceptors (Lipinski definition) is 5. The fraction of sp³-hybridized carbons (Fsp3) is 0.364. The number of hydrogen-bond donors (Lipinski definition) is 1. The molecule has 0 atom stereocenters. The van der Waals surface area contributed by atoms with Crippen LogP contribution in [-0.4, -0.2) is 33.8 Å². The van der Waals surface area contributed by atoms with Gasteiger partial charge in [0, 0.05) is 31.2 Å². The molecule has 4 rings (SSSR count). The molecule has 29 heavy (non-hydrogen) atoms. The van der Waals surface area contributed by atoms with Gasteiger partial charge in [-0.15, -0.1) is 0 Å². The van der Waals surface area contributed by atoms with Crippen LogP contribution in [0.2, 0.25) is 0 Å². The van der Waals surface area contributed by atoms with E-state index in [0.717, 1.165) is 35.6 Å². The molecule has 3 heterocycles. The third kappa shape index (κ3) is 4.29. The first kappa shape index (κ1) is 19.1. The highest BCUT2D eigenvalue weighted by Crippen LogP contribution is 2.17. The predicted molar refractivity (Wildman–Crippen MR) is 113 cm³/mol. The highest BCUT2D eigenvalue weighted by molar-refractivity contribution is 5.83. The van der Waals surface area contributed by atoms with Crippen LogP contribution >= 0.6 is 0 Å². The summed E-state index contributed by atoms with van der Waals surface area (Å²) in [6.07, 6.45) is 5.51. The summed E-state index contributed by atoms with van der Waals surface area (Å²) in [6, 6.07) is 11.3. The molecular weight excluding hydrogens is 366 g/mol. The van der Waals surface area contributed by atoms with E-state index in [1.54, 1.807) is 12.3 Å². The second kappa shape index (κ2) is 8.43. The number of carbonyl (C=O) groups is 1. The van der Waals surface area contributed by atoms with Crippen molar-refractivity contribution < 1.29 is 4.79 Å². The van der Waals surface area contributed by atoms with Crippen molar-refractivity contribution in [1.82, 2.24) is 20.1 Å².